The number of pyridine rings is 1. The lowest BCUT2D eigenvalue weighted by Crippen LogP contribution is -2.59. The summed E-state index contributed by atoms with van der Waals surface area (Å²) in [4.78, 5) is 7.10. The molecular weight excluding hydrogens is 313 g/mol. The molecule has 3 aliphatic heterocycles. The largest absolute Gasteiger partial charge is 0.379 e. The Bertz CT molecular complexity index is 733. The molecule has 2 bridgehead atoms. The molecule has 0 spiro atoms. The maximum Gasteiger partial charge on any atom is 0.132 e. The molecule has 3 nitrogen and oxygen atoms in total. The van der Waals surface area contributed by atoms with Crippen LogP contribution in [0.2, 0.25) is 0 Å². The van der Waals surface area contributed by atoms with E-state index in [9.17, 15) is 4.39 Å². The van der Waals surface area contributed by atoms with Gasteiger partial charge >= 0.3 is 0 Å². The molecule has 0 unspecified atom stereocenters. The third-order valence-corrected chi connectivity index (χ3v) is 5.99. The Balaban J connectivity index is 1.53. The highest BCUT2D eigenvalue weighted by Crippen LogP contribution is 2.34. The number of halogens is 1. The van der Waals surface area contributed by atoms with Gasteiger partial charge in [-0.2, -0.15) is 0 Å². The van der Waals surface area contributed by atoms with Crippen molar-refractivity contribution in [3.05, 3.63) is 47.9 Å². The fourth-order valence-corrected chi connectivity index (χ4v) is 4.36. The minimum Gasteiger partial charge on any atom is -0.379 e. The Morgan fingerprint density at radius 1 is 1.20 bits per heavy atom. The molecule has 0 saturated carbocycles. The summed E-state index contributed by atoms with van der Waals surface area (Å²) in [5, 5.41) is 3.68. The Kier molecular flexibility index (Phi) is 4.46. The molecule has 4 heteroatoms. The molecule has 5 rings (SSSR count). The zero-order valence-electron chi connectivity index (χ0n) is 15.0. The summed E-state index contributed by atoms with van der Waals surface area (Å²) in [6, 6.07) is 10.3. The van der Waals surface area contributed by atoms with Crippen molar-refractivity contribution >= 4 is 5.69 Å². The summed E-state index contributed by atoms with van der Waals surface area (Å²) in [5.41, 5.74) is 3.44. The zero-order valence-corrected chi connectivity index (χ0v) is 15.0. The molecule has 3 fully saturated rings. The molecule has 4 heterocycles. The van der Waals surface area contributed by atoms with Crippen LogP contribution in [-0.4, -0.2) is 35.1 Å². The van der Waals surface area contributed by atoms with Gasteiger partial charge in [0.1, 0.15) is 5.82 Å². The highest BCUT2D eigenvalue weighted by Gasteiger charge is 2.39. The molecule has 0 radical (unpaired) electrons. The van der Waals surface area contributed by atoms with Gasteiger partial charge in [0.2, 0.25) is 0 Å². The second kappa shape index (κ2) is 6.75. The number of hydrogen-bond acceptors (Lipinski definition) is 3. The molecule has 0 aliphatic carbocycles. The summed E-state index contributed by atoms with van der Waals surface area (Å²) >= 11 is 0. The molecule has 0 amide bonds. The maximum atomic E-state index is 14.2. The fraction of sp³-hybridized carbons (Fsp3) is 0.476. The van der Waals surface area contributed by atoms with E-state index in [1.807, 2.05) is 30.5 Å². The summed E-state index contributed by atoms with van der Waals surface area (Å²) in [6.45, 7) is 6.85. The first-order chi connectivity index (χ1) is 12.2. The number of piperidine rings is 3. The Labute approximate surface area is 149 Å². The normalized spacial score (nSPS) is 28.1. The van der Waals surface area contributed by atoms with Gasteiger partial charge < -0.3 is 5.32 Å². The Morgan fingerprint density at radius 2 is 2.00 bits per heavy atom. The van der Waals surface area contributed by atoms with Gasteiger partial charge in [0.05, 0.1) is 17.6 Å². The van der Waals surface area contributed by atoms with E-state index in [1.165, 1.54) is 32.0 Å². The number of benzene rings is 1. The second-order valence-electron chi connectivity index (χ2n) is 7.38. The van der Waals surface area contributed by atoms with Gasteiger partial charge in [-0.1, -0.05) is 13.0 Å². The van der Waals surface area contributed by atoms with Gasteiger partial charge in [0.25, 0.3) is 0 Å². The quantitative estimate of drug-likeness (QED) is 0.898. The van der Waals surface area contributed by atoms with Crippen LogP contribution in [0.1, 0.15) is 32.3 Å². The van der Waals surface area contributed by atoms with Gasteiger partial charge in [0, 0.05) is 17.6 Å². The highest BCUT2D eigenvalue weighted by molar-refractivity contribution is 5.63. The van der Waals surface area contributed by atoms with Gasteiger partial charge in [-0.05, 0) is 75.0 Å². The average molecular weight is 339 g/mol. The van der Waals surface area contributed by atoms with Crippen LogP contribution >= 0.6 is 0 Å². The number of hydrogen-bond donors (Lipinski definition) is 1. The van der Waals surface area contributed by atoms with Crippen molar-refractivity contribution in [1.82, 2.24) is 9.88 Å². The van der Waals surface area contributed by atoms with Gasteiger partial charge in [-0.3, -0.25) is 9.88 Å². The summed E-state index contributed by atoms with van der Waals surface area (Å²) in [5.74, 6) is 0.537. The van der Waals surface area contributed by atoms with Crippen molar-refractivity contribution in [3.63, 3.8) is 0 Å². The van der Waals surface area contributed by atoms with Gasteiger partial charge in [-0.25, -0.2) is 4.39 Å². The maximum absolute atomic E-state index is 14.2. The predicted octanol–water partition coefficient (Wildman–Crippen LogP) is 4.34. The lowest BCUT2D eigenvalue weighted by Gasteiger charge is -2.50. The topological polar surface area (TPSA) is 28.2 Å². The number of aryl methyl sites for hydroxylation is 1. The van der Waals surface area contributed by atoms with Crippen molar-refractivity contribution in [2.75, 3.05) is 18.4 Å². The average Bonchev–Trinajstić information content (AvgIpc) is 2.66. The molecule has 132 valence electrons. The number of aromatic nitrogens is 1. The van der Waals surface area contributed by atoms with Gasteiger partial charge in [0.15, 0.2) is 0 Å². The lowest BCUT2D eigenvalue weighted by atomic mass is 9.79. The van der Waals surface area contributed by atoms with Crippen LogP contribution < -0.4 is 5.32 Å². The first-order valence-electron chi connectivity index (χ1n) is 9.41. The van der Waals surface area contributed by atoms with Crippen LogP contribution in [0.3, 0.4) is 0 Å². The SMILES string of the molecule is CCc1ccc(F)c(-c2ccc(N[C@@H]3C4CCN(CC4)[C@@H]3C)cn2)c1. The van der Waals surface area contributed by atoms with E-state index in [-0.39, 0.29) is 5.82 Å². The molecule has 2 atom stereocenters. The molecule has 1 aromatic carbocycles. The number of anilines is 1. The lowest BCUT2D eigenvalue weighted by molar-refractivity contribution is 0.0458. The smallest absolute Gasteiger partial charge is 0.132 e. The van der Waals surface area contributed by atoms with E-state index < -0.39 is 0 Å². The van der Waals surface area contributed by atoms with E-state index in [1.54, 1.807) is 0 Å². The van der Waals surface area contributed by atoms with E-state index >= 15 is 0 Å². The van der Waals surface area contributed by atoms with Crippen LogP contribution in [-0.2, 0) is 6.42 Å². The van der Waals surface area contributed by atoms with Crippen molar-refractivity contribution < 1.29 is 4.39 Å². The molecule has 3 saturated heterocycles. The first kappa shape index (κ1) is 16.5. The van der Waals surface area contributed by atoms with Crippen LogP contribution in [0.15, 0.2) is 36.5 Å². The fourth-order valence-electron chi connectivity index (χ4n) is 4.36. The van der Waals surface area contributed by atoms with E-state index in [4.69, 9.17) is 0 Å². The number of nitrogens with one attached hydrogen (secondary N) is 1. The molecule has 3 aliphatic rings. The second-order valence-corrected chi connectivity index (χ2v) is 7.38. The summed E-state index contributed by atoms with van der Waals surface area (Å²) in [7, 11) is 0. The van der Waals surface area contributed by atoms with Crippen molar-refractivity contribution in [2.45, 2.75) is 45.2 Å². The van der Waals surface area contributed by atoms with Crippen LogP contribution in [0.25, 0.3) is 11.3 Å². The molecule has 1 aromatic heterocycles. The third-order valence-electron chi connectivity index (χ3n) is 5.99. The summed E-state index contributed by atoms with van der Waals surface area (Å²) < 4.78 is 14.2. The van der Waals surface area contributed by atoms with Crippen LogP contribution in [0.5, 0.6) is 0 Å². The van der Waals surface area contributed by atoms with Crippen molar-refractivity contribution in [1.29, 1.82) is 0 Å². The van der Waals surface area contributed by atoms with Crippen LogP contribution in [0, 0.1) is 11.7 Å². The predicted molar refractivity (Wildman–Crippen MR) is 100 cm³/mol. The number of nitrogens with zero attached hydrogens (tertiary/aromatic N) is 2. The van der Waals surface area contributed by atoms with Crippen LogP contribution in [0.4, 0.5) is 10.1 Å². The van der Waals surface area contributed by atoms with Crippen molar-refractivity contribution in [3.8, 4) is 11.3 Å². The molecule has 2 aromatic rings. The van der Waals surface area contributed by atoms with E-state index in [0.29, 0.717) is 23.3 Å². The molecule has 1 N–H and O–H groups in total. The minimum absolute atomic E-state index is 0.212. The van der Waals surface area contributed by atoms with Gasteiger partial charge in [-0.15, -0.1) is 0 Å². The monoisotopic (exact) mass is 339 g/mol. The number of fused-ring (bicyclic) bond motifs is 3. The summed E-state index contributed by atoms with van der Waals surface area (Å²) in [6.07, 6.45) is 5.30. The Morgan fingerprint density at radius 3 is 2.64 bits per heavy atom. The van der Waals surface area contributed by atoms with E-state index in [2.05, 4.69) is 29.0 Å². The molecule has 25 heavy (non-hydrogen) atoms. The Hall–Kier alpha value is -1.94. The standard InChI is InChI=1S/C21H26FN3/c1-3-15-4-6-19(22)18(12-15)20-7-5-17(13-23-20)24-21-14(2)25-10-8-16(21)9-11-25/h4-7,12-14,16,21,24H,3,8-11H2,1-2H3/t14-,21+/m1/s1. The van der Waals surface area contributed by atoms with E-state index in [0.717, 1.165) is 23.6 Å². The highest BCUT2D eigenvalue weighted by atomic mass is 19.1. The third kappa shape index (κ3) is 3.15. The minimum atomic E-state index is -0.212. The molecular formula is C21H26FN3. The first-order valence-corrected chi connectivity index (χ1v) is 9.41. The van der Waals surface area contributed by atoms with Crippen molar-refractivity contribution in [2.24, 2.45) is 5.92 Å². The number of rotatable bonds is 4. The zero-order chi connectivity index (χ0) is 17.4.